The summed E-state index contributed by atoms with van der Waals surface area (Å²) in [7, 11) is 3.70. The molecule has 1 aliphatic heterocycles. The molecule has 0 bridgehead atoms. The maximum atomic E-state index is 11.9. The highest BCUT2D eigenvalue weighted by molar-refractivity contribution is 5.38. The van der Waals surface area contributed by atoms with E-state index >= 15 is 0 Å². The Labute approximate surface area is 95.1 Å². The smallest absolute Gasteiger partial charge is 0.293 e. The number of nitrogens with one attached hydrogen (secondary N) is 1. The third-order valence-corrected chi connectivity index (χ3v) is 3.09. The molecule has 1 N–H and O–H groups in total. The van der Waals surface area contributed by atoms with E-state index in [1.165, 1.54) is 0 Å². The van der Waals surface area contributed by atoms with Gasteiger partial charge in [0.1, 0.15) is 0 Å². The zero-order chi connectivity index (χ0) is 11.5. The van der Waals surface area contributed by atoms with E-state index in [-0.39, 0.29) is 5.56 Å². The van der Waals surface area contributed by atoms with Gasteiger partial charge < -0.3 is 14.8 Å². The van der Waals surface area contributed by atoms with Gasteiger partial charge in [-0.25, -0.2) is 4.98 Å². The van der Waals surface area contributed by atoms with Gasteiger partial charge in [-0.2, -0.15) is 0 Å². The van der Waals surface area contributed by atoms with Crippen molar-refractivity contribution in [2.45, 2.75) is 18.9 Å². The zero-order valence-electron chi connectivity index (χ0n) is 9.81. The van der Waals surface area contributed by atoms with Gasteiger partial charge in [-0.1, -0.05) is 0 Å². The number of nitrogens with zero attached hydrogens (tertiary/aromatic N) is 3. The molecular weight excluding hydrogens is 204 g/mol. The summed E-state index contributed by atoms with van der Waals surface area (Å²) in [6.45, 7) is 1.83. The van der Waals surface area contributed by atoms with Crippen LogP contribution in [0.2, 0.25) is 0 Å². The van der Waals surface area contributed by atoms with Crippen molar-refractivity contribution in [2.75, 3.05) is 25.0 Å². The Kier molecular flexibility index (Phi) is 3.24. The van der Waals surface area contributed by atoms with E-state index in [1.807, 2.05) is 7.05 Å². The molecular formula is C11H18N4O. The highest BCUT2D eigenvalue weighted by Crippen LogP contribution is 2.20. The Morgan fingerprint density at radius 1 is 1.62 bits per heavy atom. The molecule has 0 saturated carbocycles. The highest BCUT2D eigenvalue weighted by Gasteiger charge is 2.26. The number of hydrogen-bond acceptors (Lipinski definition) is 4. The van der Waals surface area contributed by atoms with E-state index in [0.717, 1.165) is 25.9 Å². The predicted octanol–water partition coefficient (Wildman–Crippen LogP) is -0.0315. The molecule has 1 aliphatic rings. The number of aromatic nitrogens is 2. The molecule has 16 heavy (non-hydrogen) atoms. The van der Waals surface area contributed by atoms with Gasteiger partial charge in [0.15, 0.2) is 5.82 Å². The highest BCUT2D eigenvalue weighted by atomic mass is 16.1. The SMILES string of the molecule is CNCC1CCCN1c1nccn(C)c1=O. The van der Waals surface area contributed by atoms with E-state index in [0.29, 0.717) is 11.9 Å². The Morgan fingerprint density at radius 3 is 3.19 bits per heavy atom. The van der Waals surface area contributed by atoms with Crippen molar-refractivity contribution < 1.29 is 0 Å². The number of rotatable bonds is 3. The van der Waals surface area contributed by atoms with E-state index < -0.39 is 0 Å². The maximum absolute atomic E-state index is 11.9. The van der Waals surface area contributed by atoms with Crippen LogP contribution in [0.25, 0.3) is 0 Å². The van der Waals surface area contributed by atoms with Crippen LogP contribution in [0.15, 0.2) is 17.2 Å². The van der Waals surface area contributed by atoms with E-state index in [4.69, 9.17) is 0 Å². The molecule has 0 radical (unpaired) electrons. The summed E-state index contributed by atoms with van der Waals surface area (Å²) in [4.78, 5) is 18.3. The standard InChI is InChI=1S/C11H18N4O/c1-12-8-9-4-3-6-15(9)10-11(16)14(2)7-5-13-10/h5,7,9,12H,3-4,6,8H2,1-2H3. The van der Waals surface area contributed by atoms with Crippen LogP contribution in [0.3, 0.4) is 0 Å². The van der Waals surface area contributed by atoms with Crippen molar-refractivity contribution in [2.24, 2.45) is 7.05 Å². The van der Waals surface area contributed by atoms with Crippen LogP contribution in [-0.4, -0.2) is 35.7 Å². The first-order valence-corrected chi connectivity index (χ1v) is 5.67. The summed E-state index contributed by atoms with van der Waals surface area (Å²) < 4.78 is 1.58. The molecule has 2 heterocycles. The third kappa shape index (κ3) is 1.95. The molecule has 2 rings (SSSR count). The van der Waals surface area contributed by atoms with Crippen molar-refractivity contribution in [1.29, 1.82) is 0 Å². The second kappa shape index (κ2) is 4.65. The molecule has 1 saturated heterocycles. The molecule has 5 heteroatoms. The van der Waals surface area contributed by atoms with E-state index in [9.17, 15) is 4.79 Å². The van der Waals surface area contributed by atoms with Gasteiger partial charge in [0.2, 0.25) is 0 Å². The minimum absolute atomic E-state index is 0.00879. The first-order chi connectivity index (χ1) is 7.74. The summed E-state index contributed by atoms with van der Waals surface area (Å²) in [5.74, 6) is 0.586. The molecule has 1 aromatic rings. The Balaban J connectivity index is 2.29. The first kappa shape index (κ1) is 11.1. The molecule has 0 aromatic carbocycles. The van der Waals surface area contributed by atoms with Crippen LogP contribution >= 0.6 is 0 Å². The van der Waals surface area contributed by atoms with Crippen LogP contribution in [0.1, 0.15) is 12.8 Å². The first-order valence-electron chi connectivity index (χ1n) is 5.67. The normalized spacial score (nSPS) is 20.4. The van der Waals surface area contributed by atoms with E-state index in [2.05, 4.69) is 15.2 Å². The molecule has 5 nitrogen and oxygen atoms in total. The van der Waals surface area contributed by atoms with Crippen LogP contribution < -0.4 is 15.8 Å². The lowest BCUT2D eigenvalue weighted by molar-refractivity contribution is 0.607. The number of anilines is 1. The molecule has 1 atom stereocenters. The molecule has 1 fully saturated rings. The molecule has 0 aliphatic carbocycles. The number of aryl methyl sites for hydroxylation is 1. The van der Waals surface area contributed by atoms with Crippen molar-refractivity contribution in [3.8, 4) is 0 Å². The van der Waals surface area contributed by atoms with Crippen molar-refractivity contribution in [3.05, 3.63) is 22.7 Å². The van der Waals surface area contributed by atoms with E-state index in [1.54, 1.807) is 24.0 Å². The van der Waals surface area contributed by atoms with Gasteiger partial charge in [0.25, 0.3) is 5.56 Å². The lowest BCUT2D eigenvalue weighted by Gasteiger charge is -2.24. The fraction of sp³-hybridized carbons (Fsp3) is 0.636. The molecule has 0 amide bonds. The topological polar surface area (TPSA) is 50.2 Å². The lowest BCUT2D eigenvalue weighted by Crippen LogP contribution is -2.40. The van der Waals surface area contributed by atoms with Crippen LogP contribution in [0.4, 0.5) is 5.82 Å². The Bertz CT molecular complexity index is 415. The Morgan fingerprint density at radius 2 is 2.44 bits per heavy atom. The largest absolute Gasteiger partial charge is 0.348 e. The van der Waals surface area contributed by atoms with Gasteiger partial charge in [0, 0.05) is 38.6 Å². The number of likely N-dealkylation sites (N-methyl/N-ethyl adjacent to an activating group) is 1. The summed E-state index contributed by atoms with van der Waals surface area (Å²) in [5, 5.41) is 3.17. The summed E-state index contributed by atoms with van der Waals surface area (Å²) >= 11 is 0. The molecule has 1 unspecified atom stereocenters. The van der Waals surface area contributed by atoms with Crippen molar-refractivity contribution in [3.63, 3.8) is 0 Å². The fourth-order valence-corrected chi connectivity index (χ4v) is 2.24. The predicted molar refractivity (Wildman–Crippen MR) is 63.8 cm³/mol. The lowest BCUT2D eigenvalue weighted by atomic mass is 10.2. The maximum Gasteiger partial charge on any atom is 0.293 e. The summed E-state index contributed by atoms with van der Waals surface area (Å²) in [6, 6.07) is 0.396. The average molecular weight is 222 g/mol. The minimum atomic E-state index is -0.00879. The number of hydrogen-bond donors (Lipinski definition) is 1. The summed E-state index contributed by atoms with van der Waals surface area (Å²) in [6.07, 6.45) is 5.63. The Hall–Kier alpha value is -1.36. The van der Waals surface area contributed by atoms with Crippen molar-refractivity contribution in [1.82, 2.24) is 14.9 Å². The van der Waals surface area contributed by atoms with Crippen molar-refractivity contribution >= 4 is 5.82 Å². The summed E-state index contributed by atoms with van der Waals surface area (Å²) in [5.41, 5.74) is -0.00879. The van der Waals surface area contributed by atoms with Gasteiger partial charge in [-0.3, -0.25) is 4.79 Å². The quantitative estimate of drug-likeness (QED) is 0.780. The van der Waals surface area contributed by atoms with Gasteiger partial charge in [-0.05, 0) is 19.9 Å². The van der Waals surface area contributed by atoms with Crippen LogP contribution in [0, 0.1) is 0 Å². The van der Waals surface area contributed by atoms with Gasteiger partial charge >= 0.3 is 0 Å². The minimum Gasteiger partial charge on any atom is -0.348 e. The molecule has 0 spiro atoms. The molecule has 88 valence electrons. The zero-order valence-corrected chi connectivity index (χ0v) is 9.81. The van der Waals surface area contributed by atoms with Crippen LogP contribution in [0.5, 0.6) is 0 Å². The van der Waals surface area contributed by atoms with Gasteiger partial charge in [0.05, 0.1) is 0 Å². The molecule has 1 aromatic heterocycles. The second-order valence-electron chi connectivity index (χ2n) is 4.21. The van der Waals surface area contributed by atoms with Gasteiger partial charge in [-0.15, -0.1) is 0 Å². The van der Waals surface area contributed by atoms with Crippen LogP contribution in [-0.2, 0) is 7.05 Å². The fourth-order valence-electron chi connectivity index (χ4n) is 2.24. The second-order valence-corrected chi connectivity index (χ2v) is 4.21. The average Bonchev–Trinajstić information content (AvgIpc) is 2.71. The third-order valence-electron chi connectivity index (χ3n) is 3.09. The monoisotopic (exact) mass is 222 g/mol.